The van der Waals surface area contributed by atoms with Gasteiger partial charge in [-0.15, -0.1) is 35.3 Å². The molecule has 1 aromatic heterocycles. The van der Waals surface area contributed by atoms with Crippen molar-refractivity contribution in [2.24, 2.45) is 4.99 Å². The minimum Gasteiger partial charge on any atom is -0.357 e. The quantitative estimate of drug-likeness (QED) is 0.447. The van der Waals surface area contributed by atoms with Gasteiger partial charge in [-0.25, -0.2) is 0 Å². The third-order valence-corrected chi connectivity index (χ3v) is 4.46. The van der Waals surface area contributed by atoms with Crippen LogP contribution in [0.5, 0.6) is 0 Å². The van der Waals surface area contributed by atoms with Crippen LogP contribution in [0.4, 0.5) is 0 Å². The Hall–Kier alpha value is -0.340. The summed E-state index contributed by atoms with van der Waals surface area (Å²) in [7, 11) is 1.82. The van der Waals surface area contributed by atoms with Crippen molar-refractivity contribution in [3.63, 3.8) is 0 Å². The highest BCUT2D eigenvalue weighted by molar-refractivity contribution is 14.0. The van der Waals surface area contributed by atoms with Crippen molar-refractivity contribution in [3.8, 4) is 0 Å². The van der Waals surface area contributed by atoms with Gasteiger partial charge in [-0.05, 0) is 44.3 Å². The maximum atomic E-state index is 4.24. The Morgan fingerprint density at radius 2 is 2.15 bits per heavy atom. The normalized spacial score (nSPS) is 17.6. The van der Waals surface area contributed by atoms with Crippen LogP contribution in [0.2, 0.25) is 0 Å². The minimum atomic E-state index is 0. The Kier molecular flexibility index (Phi) is 8.47. The molecule has 1 atom stereocenters. The molecule has 0 saturated carbocycles. The molecule has 1 aromatic rings. The molecule has 0 bridgehead atoms. The highest BCUT2D eigenvalue weighted by Gasteiger charge is 2.24. The molecule has 1 saturated heterocycles. The molecule has 1 unspecified atom stereocenters. The summed E-state index contributed by atoms with van der Waals surface area (Å²) in [5, 5.41) is 8.85. The van der Waals surface area contributed by atoms with Crippen molar-refractivity contribution >= 4 is 41.3 Å². The average molecular weight is 408 g/mol. The molecule has 0 radical (unpaired) electrons. The maximum absolute atomic E-state index is 4.24. The summed E-state index contributed by atoms with van der Waals surface area (Å²) in [5.74, 6) is 0.892. The number of halogens is 1. The Balaban J connectivity index is 0.00000200. The standard InChI is InChI=1S/C14H24N4S.HI/c1-3-16-14(15-2)17-11-12(13-7-6-10-19-13)18-8-4-5-9-18;/h6-7,10,12H,3-5,8-9,11H2,1-2H3,(H2,15,16,17);1H. The summed E-state index contributed by atoms with van der Waals surface area (Å²) in [6.45, 7) is 6.32. The molecule has 2 rings (SSSR count). The van der Waals surface area contributed by atoms with Crippen molar-refractivity contribution in [2.45, 2.75) is 25.8 Å². The first kappa shape index (κ1) is 17.7. The number of nitrogens with zero attached hydrogens (tertiary/aromatic N) is 2. The van der Waals surface area contributed by atoms with Crippen LogP contribution in [0.15, 0.2) is 22.5 Å². The van der Waals surface area contributed by atoms with Gasteiger partial charge in [-0.3, -0.25) is 9.89 Å². The van der Waals surface area contributed by atoms with E-state index in [1.165, 1.54) is 30.8 Å². The molecule has 4 nitrogen and oxygen atoms in total. The molecule has 0 amide bonds. The Bertz CT molecular complexity index is 388. The second-order valence-electron chi connectivity index (χ2n) is 4.76. The zero-order valence-electron chi connectivity index (χ0n) is 12.3. The molecule has 1 fully saturated rings. The van der Waals surface area contributed by atoms with E-state index in [2.05, 4.69) is 45.0 Å². The SMILES string of the molecule is CCNC(=NC)NCC(c1cccs1)N1CCCC1.I. The van der Waals surface area contributed by atoms with E-state index in [1.54, 1.807) is 0 Å². The van der Waals surface area contributed by atoms with Gasteiger partial charge < -0.3 is 10.6 Å². The van der Waals surface area contributed by atoms with E-state index in [0.29, 0.717) is 6.04 Å². The number of rotatable bonds is 5. The summed E-state index contributed by atoms with van der Waals surface area (Å²) in [5.41, 5.74) is 0. The summed E-state index contributed by atoms with van der Waals surface area (Å²) in [6.07, 6.45) is 2.65. The van der Waals surface area contributed by atoms with Gasteiger partial charge >= 0.3 is 0 Å². The first-order chi connectivity index (χ1) is 9.35. The monoisotopic (exact) mass is 408 g/mol. The number of likely N-dealkylation sites (tertiary alicyclic amines) is 1. The van der Waals surface area contributed by atoms with Gasteiger partial charge in [0, 0.05) is 25.0 Å². The number of aliphatic imine (C=N–C) groups is 1. The van der Waals surface area contributed by atoms with Crippen LogP contribution in [0.3, 0.4) is 0 Å². The van der Waals surface area contributed by atoms with Crippen LogP contribution >= 0.6 is 35.3 Å². The van der Waals surface area contributed by atoms with E-state index in [1.807, 2.05) is 18.4 Å². The first-order valence-electron chi connectivity index (χ1n) is 7.07. The third-order valence-electron chi connectivity index (χ3n) is 3.48. The fraction of sp³-hybridized carbons (Fsp3) is 0.643. The zero-order valence-corrected chi connectivity index (χ0v) is 15.4. The van der Waals surface area contributed by atoms with Gasteiger partial charge in [0.1, 0.15) is 0 Å². The Labute approximate surface area is 143 Å². The predicted octanol–water partition coefficient (Wildman–Crippen LogP) is 2.69. The van der Waals surface area contributed by atoms with Crippen LogP contribution in [0, 0.1) is 0 Å². The molecule has 2 heterocycles. The van der Waals surface area contributed by atoms with Gasteiger partial charge in [0.15, 0.2) is 5.96 Å². The van der Waals surface area contributed by atoms with E-state index >= 15 is 0 Å². The third kappa shape index (κ3) is 4.89. The summed E-state index contributed by atoms with van der Waals surface area (Å²) in [4.78, 5) is 8.26. The largest absolute Gasteiger partial charge is 0.357 e. The summed E-state index contributed by atoms with van der Waals surface area (Å²) >= 11 is 1.85. The number of thiophene rings is 1. The van der Waals surface area contributed by atoms with Gasteiger partial charge in [-0.1, -0.05) is 6.07 Å². The topological polar surface area (TPSA) is 39.7 Å². The van der Waals surface area contributed by atoms with E-state index < -0.39 is 0 Å². The first-order valence-corrected chi connectivity index (χ1v) is 7.95. The lowest BCUT2D eigenvalue weighted by Crippen LogP contribution is -2.42. The van der Waals surface area contributed by atoms with Crippen molar-refractivity contribution in [3.05, 3.63) is 22.4 Å². The lowest BCUT2D eigenvalue weighted by atomic mass is 10.2. The Morgan fingerprint density at radius 3 is 2.70 bits per heavy atom. The highest BCUT2D eigenvalue weighted by atomic mass is 127. The molecule has 6 heteroatoms. The molecule has 1 aliphatic heterocycles. The molecule has 0 spiro atoms. The lowest BCUT2D eigenvalue weighted by molar-refractivity contribution is 0.249. The lowest BCUT2D eigenvalue weighted by Gasteiger charge is -2.27. The second-order valence-corrected chi connectivity index (χ2v) is 5.74. The van der Waals surface area contributed by atoms with Crippen LogP contribution < -0.4 is 10.6 Å². The van der Waals surface area contributed by atoms with Crippen molar-refractivity contribution in [1.29, 1.82) is 0 Å². The smallest absolute Gasteiger partial charge is 0.191 e. The Morgan fingerprint density at radius 1 is 1.40 bits per heavy atom. The van der Waals surface area contributed by atoms with Gasteiger partial charge in [-0.2, -0.15) is 0 Å². The fourth-order valence-electron chi connectivity index (χ4n) is 2.53. The summed E-state index contributed by atoms with van der Waals surface area (Å²) in [6, 6.07) is 4.85. The molecule has 20 heavy (non-hydrogen) atoms. The molecular weight excluding hydrogens is 383 g/mol. The highest BCUT2D eigenvalue weighted by Crippen LogP contribution is 2.27. The molecule has 1 aliphatic rings. The van der Waals surface area contributed by atoms with E-state index in [4.69, 9.17) is 0 Å². The molecule has 0 aliphatic carbocycles. The van der Waals surface area contributed by atoms with E-state index in [9.17, 15) is 0 Å². The van der Waals surface area contributed by atoms with Crippen LogP contribution in [-0.4, -0.2) is 44.1 Å². The number of nitrogens with one attached hydrogen (secondary N) is 2. The summed E-state index contributed by atoms with van der Waals surface area (Å²) < 4.78 is 0. The van der Waals surface area contributed by atoms with Crippen LogP contribution in [0.1, 0.15) is 30.7 Å². The van der Waals surface area contributed by atoms with Gasteiger partial charge in [0.25, 0.3) is 0 Å². The number of guanidine groups is 1. The van der Waals surface area contributed by atoms with E-state index in [-0.39, 0.29) is 24.0 Å². The molecule has 0 aromatic carbocycles. The predicted molar refractivity (Wildman–Crippen MR) is 98.3 cm³/mol. The number of hydrogen-bond acceptors (Lipinski definition) is 3. The minimum absolute atomic E-state index is 0. The van der Waals surface area contributed by atoms with Crippen molar-refractivity contribution < 1.29 is 0 Å². The van der Waals surface area contributed by atoms with Crippen molar-refractivity contribution in [1.82, 2.24) is 15.5 Å². The van der Waals surface area contributed by atoms with Crippen molar-refractivity contribution in [2.75, 3.05) is 33.2 Å². The number of hydrogen-bond donors (Lipinski definition) is 2. The average Bonchev–Trinajstić information content (AvgIpc) is 3.11. The van der Waals surface area contributed by atoms with Gasteiger partial charge in [0.2, 0.25) is 0 Å². The molecular formula is C14H25IN4S. The van der Waals surface area contributed by atoms with Crippen LogP contribution in [-0.2, 0) is 0 Å². The van der Waals surface area contributed by atoms with Gasteiger partial charge in [0.05, 0.1) is 6.04 Å². The molecule has 2 N–H and O–H groups in total. The van der Waals surface area contributed by atoms with Crippen LogP contribution in [0.25, 0.3) is 0 Å². The molecule has 114 valence electrons. The fourth-order valence-corrected chi connectivity index (χ4v) is 3.39. The van der Waals surface area contributed by atoms with E-state index in [0.717, 1.165) is 19.0 Å². The maximum Gasteiger partial charge on any atom is 0.191 e. The zero-order chi connectivity index (χ0) is 13.5. The second kappa shape index (κ2) is 9.57.